The zero-order valence-corrected chi connectivity index (χ0v) is 13.6. The van der Waals surface area contributed by atoms with E-state index in [1.54, 1.807) is 0 Å². The Kier molecular flexibility index (Phi) is 6.00. The van der Waals surface area contributed by atoms with Gasteiger partial charge in [0, 0.05) is 17.6 Å². The van der Waals surface area contributed by atoms with E-state index >= 15 is 0 Å². The maximum atomic E-state index is 12.6. The third-order valence-electron chi connectivity index (χ3n) is 2.62. The number of methoxy groups -OCH3 is 1. The van der Waals surface area contributed by atoms with Crippen LogP contribution in [0.1, 0.15) is 13.8 Å². The summed E-state index contributed by atoms with van der Waals surface area (Å²) in [7, 11) is -2.65. The Bertz CT molecular complexity index is 615. The Morgan fingerprint density at radius 1 is 1.43 bits per heavy atom. The van der Waals surface area contributed by atoms with Gasteiger partial charge in [-0.25, -0.2) is 8.42 Å². The van der Waals surface area contributed by atoms with Gasteiger partial charge in [-0.1, -0.05) is 25.4 Å². The normalized spacial score (nSPS) is 11.9. The molecule has 0 saturated carbocycles. The van der Waals surface area contributed by atoms with E-state index in [1.807, 2.05) is 13.8 Å². The Balaban J connectivity index is 3.31. The SMILES string of the molecule is COc1cc(Cl)ccc1S(=O)(=O)N(CC(=O)O)CC(C)C. The van der Waals surface area contributed by atoms with Gasteiger partial charge in [0.15, 0.2) is 0 Å². The second kappa shape index (κ2) is 7.11. The minimum Gasteiger partial charge on any atom is -0.495 e. The van der Waals surface area contributed by atoms with Crippen LogP contribution in [-0.4, -0.2) is 44.0 Å². The van der Waals surface area contributed by atoms with Gasteiger partial charge >= 0.3 is 5.97 Å². The molecule has 0 aliphatic rings. The van der Waals surface area contributed by atoms with Gasteiger partial charge in [-0.3, -0.25) is 4.79 Å². The molecule has 6 nitrogen and oxygen atoms in total. The number of aliphatic carboxylic acids is 1. The van der Waals surface area contributed by atoms with Crippen LogP contribution in [0.2, 0.25) is 5.02 Å². The van der Waals surface area contributed by atoms with E-state index in [1.165, 1.54) is 25.3 Å². The standard InChI is InChI=1S/C13H18ClNO5S/c1-9(2)7-15(8-13(16)17)21(18,19)12-5-4-10(14)6-11(12)20-3/h4-6,9H,7-8H2,1-3H3,(H,16,17). The minimum atomic E-state index is -3.98. The summed E-state index contributed by atoms with van der Waals surface area (Å²) in [6.45, 7) is 3.11. The third-order valence-corrected chi connectivity index (χ3v) is 4.71. The summed E-state index contributed by atoms with van der Waals surface area (Å²) in [5.41, 5.74) is 0. The van der Waals surface area contributed by atoms with Crippen molar-refractivity contribution in [2.24, 2.45) is 5.92 Å². The molecule has 1 aromatic carbocycles. The Morgan fingerprint density at radius 2 is 2.05 bits per heavy atom. The molecule has 0 fully saturated rings. The van der Waals surface area contributed by atoms with Crippen LogP contribution in [0.15, 0.2) is 23.1 Å². The van der Waals surface area contributed by atoms with Crippen molar-refractivity contribution < 1.29 is 23.1 Å². The molecule has 0 bridgehead atoms. The van der Waals surface area contributed by atoms with Crippen molar-refractivity contribution in [3.63, 3.8) is 0 Å². The number of ether oxygens (including phenoxy) is 1. The molecule has 21 heavy (non-hydrogen) atoms. The Labute approximate surface area is 129 Å². The van der Waals surface area contributed by atoms with Crippen molar-refractivity contribution in [2.45, 2.75) is 18.7 Å². The second-order valence-electron chi connectivity index (χ2n) is 4.88. The molecule has 0 unspecified atom stereocenters. The molecule has 0 atom stereocenters. The van der Waals surface area contributed by atoms with Gasteiger partial charge in [0.1, 0.15) is 17.2 Å². The first-order valence-corrected chi connectivity index (χ1v) is 8.05. The zero-order chi connectivity index (χ0) is 16.2. The summed E-state index contributed by atoms with van der Waals surface area (Å²) in [6.07, 6.45) is 0. The molecular formula is C13H18ClNO5S. The number of hydrogen-bond donors (Lipinski definition) is 1. The van der Waals surface area contributed by atoms with Crippen LogP contribution in [0, 0.1) is 5.92 Å². The molecule has 0 aliphatic carbocycles. The lowest BCUT2D eigenvalue weighted by Crippen LogP contribution is -2.38. The zero-order valence-electron chi connectivity index (χ0n) is 12.0. The van der Waals surface area contributed by atoms with E-state index in [4.69, 9.17) is 21.4 Å². The fraction of sp³-hybridized carbons (Fsp3) is 0.462. The molecule has 0 spiro atoms. The molecule has 1 N–H and O–H groups in total. The first-order valence-electron chi connectivity index (χ1n) is 6.24. The van der Waals surface area contributed by atoms with E-state index < -0.39 is 22.5 Å². The third kappa shape index (κ3) is 4.59. The number of nitrogens with zero attached hydrogens (tertiary/aromatic N) is 1. The maximum Gasteiger partial charge on any atom is 0.318 e. The molecule has 1 rings (SSSR count). The van der Waals surface area contributed by atoms with Crippen LogP contribution in [0.4, 0.5) is 0 Å². The lowest BCUT2D eigenvalue weighted by molar-refractivity contribution is -0.137. The van der Waals surface area contributed by atoms with E-state index in [0.29, 0.717) is 5.02 Å². The average Bonchev–Trinajstić information content (AvgIpc) is 2.36. The number of halogens is 1. The second-order valence-corrected chi connectivity index (χ2v) is 7.22. The Hall–Kier alpha value is -1.31. The highest BCUT2D eigenvalue weighted by Gasteiger charge is 2.30. The van der Waals surface area contributed by atoms with Crippen molar-refractivity contribution in [3.05, 3.63) is 23.2 Å². The number of rotatable bonds is 7. The summed E-state index contributed by atoms with van der Waals surface area (Å²) in [5, 5.41) is 9.25. The summed E-state index contributed by atoms with van der Waals surface area (Å²) < 4.78 is 31.2. The molecule has 0 aliphatic heterocycles. The summed E-state index contributed by atoms with van der Waals surface area (Å²) in [4.78, 5) is 10.8. The summed E-state index contributed by atoms with van der Waals surface area (Å²) in [5.74, 6) is -1.15. The van der Waals surface area contributed by atoms with Gasteiger partial charge in [0.05, 0.1) is 7.11 Å². The van der Waals surface area contributed by atoms with Crippen molar-refractivity contribution >= 4 is 27.6 Å². The molecule has 0 heterocycles. The maximum absolute atomic E-state index is 12.6. The molecule has 8 heteroatoms. The molecule has 0 saturated heterocycles. The molecule has 118 valence electrons. The van der Waals surface area contributed by atoms with Crippen LogP contribution in [0.3, 0.4) is 0 Å². The van der Waals surface area contributed by atoms with E-state index in [2.05, 4.69) is 0 Å². The van der Waals surface area contributed by atoms with Gasteiger partial charge in [-0.2, -0.15) is 4.31 Å². The largest absolute Gasteiger partial charge is 0.495 e. The number of carbonyl (C=O) groups is 1. The van der Waals surface area contributed by atoms with Crippen LogP contribution in [0.25, 0.3) is 0 Å². The monoisotopic (exact) mass is 335 g/mol. The van der Waals surface area contributed by atoms with E-state index in [0.717, 1.165) is 4.31 Å². The first kappa shape index (κ1) is 17.7. The molecular weight excluding hydrogens is 318 g/mol. The van der Waals surface area contributed by atoms with Gasteiger partial charge in [0.2, 0.25) is 10.0 Å². The van der Waals surface area contributed by atoms with Crippen molar-refractivity contribution in [1.29, 1.82) is 0 Å². The summed E-state index contributed by atoms with van der Waals surface area (Å²) >= 11 is 5.81. The van der Waals surface area contributed by atoms with E-state index in [9.17, 15) is 13.2 Å². The fourth-order valence-electron chi connectivity index (χ4n) is 1.80. The molecule has 0 radical (unpaired) electrons. The number of sulfonamides is 1. The van der Waals surface area contributed by atoms with Crippen molar-refractivity contribution in [1.82, 2.24) is 4.31 Å². The molecule has 1 aromatic rings. The van der Waals surface area contributed by atoms with Gasteiger partial charge in [-0.05, 0) is 18.1 Å². The number of carboxylic acid groups (broad SMARTS) is 1. The summed E-state index contributed by atoms with van der Waals surface area (Å²) in [6, 6.07) is 4.11. The number of carboxylic acids is 1. The smallest absolute Gasteiger partial charge is 0.318 e. The van der Waals surface area contributed by atoms with Crippen LogP contribution in [-0.2, 0) is 14.8 Å². The quantitative estimate of drug-likeness (QED) is 0.824. The van der Waals surface area contributed by atoms with Crippen LogP contribution >= 0.6 is 11.6 Å². The Morgan fingerprint density at radius 3 is 2.52 bits per heavy atom. The highest BCUT2D eigenvalue weighted by atomic mass is 35.5. The van der Waals surface area contributed by atoms with Gasteiger partial charge in [0.25, 0.3) is 0 Å². The predicted molar refractivity (Wildman–Crippen MR) is 79.2 cm³/mol. The lowest BCUT2D eigenvalue weighted by atomic mass is 10.2. The van der Waals surface area contributed by atoms with Crippen LogP contribution < -0.4 is 4.74 Å². The van der Waals surface area contributed by atoms with Crippen molar-refractivity contribution in [2.75, 3.05) is 20.2 Å². The number of hydrogen-bond acceptors (Lipinski definition) is 4. The van der Waals surface area contributed by atoms with Crippen molar-refractivity contribution in [3.8, 4) is 5.75 Å². The average molecular weight is 336 g/mol. The molecule has 0 amide bonds. The fourth-order valence-corrected chi connectivity index (χ4v) is 3.65. The van der Waals surface area contributed by atoms with Gasteiger partial charge < -0.3 is 9.84 Å². The van der Waals surface area contributed by atoms with E-state index in [-0.39, 0.29) is 23.1 Å². The number of benzene rings is 1. The highest BCUT2D eigenvalue weighted by molar-refractivity contribution is 7.89. The first-order chi connectivity index (χ1) is 9.68. The van der Waals surface area contributed by atoms with Gasteiger partial charge in [-0.15, -0.1) is 0 Å². The topological polar surface area (TPSA) is 83.9 Å². The molecule has 0 aromatic heterocycles. The predicted octanol–water partition coefficient (Wildman–Crippen LogP) is 2.08. The highest BCUT2D eigenvalue weighted by Crippen LogP contribution is 2.29. The minimum absolute atomic E-state index is 0.0163. The van der Waals surface area contributed by atoms with Crippen LogP contribution in [0.5, 0.6) is 5.75 Å². The lowest BCUT2D eigenvalue weighted by Gasteiger charge is -2.23.